The zero-order valence-corrected chi connectivity index (χ0v) is 11.0. The Labute approximate surface area is 101 Å². The lowest BCUT2D eigenvalue weighted by atomic mass is 10.2. The molecular weight excluding hydrogens is 220 g/mol. The summed E-state index contributed by atoms with van der Waals surface area (Å²) in [4.78, 5) is 11.6. The number of rotatable bonds is 6. The molecule has 1 amide bonds. The molecule has 1 unspecified atom stereocenters. The van der Waals surface area contributed by atoms with E-state index in [0.717, 1.165) is 19.5 Å². The van der Waals surface area contributed by atoms with Crippen LogP contribution in [0.2, 0.25) is 0 Å². The molecule has 0 bridgehead atoms. The highest BCUT2D eigenvalue weighted by Gasteiger charge is 2.11. The number of carbonyl (C=O) groups excluding carboxylic acids is 1. The molecule has 0 aliphatic rings. The van der Waals surface area contributed by atoms with Gasteiger partial charge in [0, 0.05) is 13.1 Å². The second-order valence-electron chi connectivity index (χ2n) is 3.97. The van der Waals surface area contributed by atoms with Crippen molar-refractivity contribution in [2.75, 3.05) is 6.54 Å². The first-order valence-electron chi connectivity index (χ1n) is 5.68. The Morgan fingerprint density at radius 3 is 2.81 bits per heavy atom. The highest BCUT2D eigenvalue weighted by molar-refractivity contribution is 7.08. The quantitative estimate of drug-likeness (QED) is 0.799. The number of amides is 1. The summed E-state index contributed by atoms with van der Waals surface area (Å²) in [5, 5.41) is 10.4. The molecule has 90 valence electrons. The van der Waals surface area contributed by atoms with Crippen molar-refractivity contribution < 1.29 is 4.79 Å². The molecule has 4 heteroatoms. The monoisotopic (exact) mass is 240 g/mol. The Morgan fingerprint density at radius 1 is 1.50 bits per heavy atom. The van der Waals surface area contributed by atoms with Crippen molar-refractivity contribution in [1.82, 2.24) is 10.6 Å². The average molecular weight is 240 g/mol. The second-order valence-corrected chi connectivity index (χ2v) is 4.72. The van der Waals surface area contributed by atoms with E-state index < -0.39 is 0 Å². The number of aryl methyl sites for hydroxylation is 1. The standard InChI is InChI=1S/C12H20N2OS/c1-4-5-13-12(15)10(3)14-6-11-8-16-7-9(11)2/h7-8,10,14H,4-6H2,1-3H3,(H,13,15). The molecule has 1 rings (SSSR count). The Hall–Kier alpha value is -0.870. The van der Waals surface area contributed by atoms with Gasteiger partial charge in [-0.05, 0) is 42.2 Å². The van der Waals surface area contributed by atoms with Crippen LogP contribution in [-0.2, 0) is 11.3 Å². The van der Waals surface area contributed by atoms with Crippen LogP contribution in [0.5, 0.6) is 0 Å². The van der Waals surface area contributed by atoms with E-state index in [4.69, 9.17) is 0 Å². The molecule has 0 aliphatic heterocycles. The third-order valence-electron chi connectivity index (χ3n) is 2.50. The summed E-state index contributed by atoms with van der Waals surface area (Å²) in [7, 11) is 0. The highest BCUT2D eigenvalue weighted by Crippen LogP contribution is 2.13. The van der Waals surface area contributed by atoms with Crippen LogP contribution in [0.1, 0.15) is 31.4 Å². The number of carbonyl (C=O) groups is 1. The molecule has 1 aromatic heterocycles. The first-order valence-corrected chi connectivity index (χ1v) is 6.62. The van der Waals surface area contributed by atoms with E-state index in [-0.39, 0.29) is 11.9 Å². The smallest absolute Gasteiger partial charge is 0.236 e. The highest BCUT2D eigenvalue weighted by atomic mass is 32.1. The third kappa shape index (κ3) is 3.94. The van der Waals surface area contributed by atoms with E-state index in [2.05, 4.69) is 28.3 Å². The summed E-state index contributed by atoms with van der Waals surface area (Å²) < 4.78 is 0. The number of hydrogen-bond acceptors (Lipinski definition) is 3. The van der Waals surface area contributed by atoms with Crippen molar-refractivity contribution in [2.45, 2.75) is 39.8 Å². The number of hydrogen-bond donors (Lipinski definition) is 2. The van der Waals surface area contributed by atoms with Gasteiger partial charge in [-0.2, -0.15) is 11.3 Å². The fraction of sp³-hybridized carbons (Fsp3) is 0.583. The van der Waals surface area contributed by atoms with Crippen molar-refractivity contribution in [2.24, 2.45) is 0 Å². The van der Waals surface area contributed by atoms with Gasteiger partial charge >= 0.3 is 0 Å². The van der Waals surface area contributed by atoms with Crippen LogP contribution in [0.3, 0.4) is 0 Å². The molecule has 1 aromatic rings. The molecule has 1 heterocycles. The van der Waals surface area contributed by atoms with E-state index >= 15 is 0 Å². The molecule has 0 fully saturated rings. The Morgan fingerprint density at radius 2 is 2.25 bits per heavy atom. The molecule has 16 heavy (non-hydrogen) atoms. The van der Waals surface area contributed by atoms with Crippen molar-refractivity contribution in [3.05, 3.63) is 21.9 Å². The van der Waals surface area contributed by atoms with Gasteiger partial charge in [-0.25, -0.2) is 0 Å². The average Bonchev–Trinajstić information content (AvgIpc) is 2.68. The maximum atomic E-state index is 11.6. The Bertz CT molecular complexity index is 336. The van der Waals surface area contributed by atoms with Crippen LogP contribution in [0.15, 0.2) is 10.8 Å². The molecule has 2 N–H and O–H groups in total. The van der Waals surface area contributed by atoms with Gasteiger partial charge < -0.3 is 10.6 Å². The fourth-order valence-electron chi connectivity index (χ4n) is 1.32. The van der Waals surface area contributed by atoms with Crippen molar-refractivity contribution in [1.29, 1.82) is 0 Å². The lowest BCUT2D eigenvalue weighted by Gasteiger charge is -2.13. The van der Waals surface area contributed by atoms with Gasteiger partial charge in [-0.15, -0.1) is 0 Å². The van der Waals surface area contributed by atoms with Crippen LogP contribution in [0.25, 0.3) is 0 Å². The minimum Gasteiger partial charge on any atom is -0.355 e. The minimum atomic E-state index is -0.133. The maximum Gasteiger partial charge on any atom is 0.236 e. The molecule has 0 saturated heterocycles. The lowest BCUT2D eigenvalue weighted by Crippen LogP contribution is -2.42. The van der Waals surface area contributed by atoms with Crippen molar-refractivity contribution in [3.8, 4) is 0 Å². The second kappa shape index (κ2) is 6.66. The van der Waals surface area contributed by atoms with Crippen molar-refractivity contribution in [3.63, 3.8) is 0 Å². The summed E-state index contributed by atoms with van der Waals surface area (Å²) in [6, 6.07) is -0.133. The fourth-order valence-corrected chi connectivity index (χ4v) is 2.18. The third-order valence-corrected chi connectivity index (χ3v) is 3.41. The van der Waals surface area contributed by atoms with Crippen LogP contribution >= 0.6 is 11.3 Å². The summed E-state index contributed by atoms with van der Waals surface area (Å²) in [5.74, 6) is 0.0785. The summed E-state index contributed by atoms with van der Waals surface area (Å²) in [5.41, 5.74) is 2.57. The summed E-state index contributed by atoms with van der Waals surface area (Å²) in [6.07, 6.45) is 0.974. The Kier molecular flexibility index (Phi) is 5.49. The SMILES string of the molecule is CCCNC(=O)C(C)NCc1cscc1C. The first-order chi connectivity index (χ1) is 7.65. The van der Waals surface area contributed by atoms with Crippen LogP contribution in [0, 0.1) is 6.92 Å². The zero-order valence-electron chi connectivity index (χ0n) is 10.2. The van der Waals surface area contributed by atoms with Crippen molar-refractivity contribution >= 4 is 17.2 Å². The van der Waals surface area contributed by atoms with Gasteiger partial charge in [-0.1, -0.05) is 6.92 Å². The van der Waals surface area contributed by atoms with E-state index in [1.807, 2.05) is 13.8 Å². The molecule has 3 nitrogen and oxygen atoms in total. The maximum absolute atomic E-state index is 11.6. The zero-order chi connectivity index (χ0) is 12.0. The van der Waals surface area contributed by atoms with E-state index in [1.54, 1.807) is 11.3 Å². The molecule has 0 spiro atoms. The predicted molar refractivity (Wildman–Crippen MR) is 68.7 cm³/mol. The summed E-state index contributed by atoms with van der Waals surface area (Å²) >= 11 is 1.70. The van der Waals surface area contributed by atoms with Gasteiger partial charge in [0.05, 0.1) is 6.04 Å². The van der Waals surface area contributed by atoms with E-state index in [0.29, 0.717) is 0 Å². The van der Waals surface area contributed by atoms with Crippen LogP contribution < -0.4 is 10.6 Å². The lowest BCUT2D eigenvalue weighted by molar-refractivity contribution is -0.122. The molecular formula is C12H20N2OS. The predicted octanol–water partition coefficient (Wildman–Crippen LogP) is 2.06. The molecule has 0 radical (unpaired) electrons. The minimum absolute atomic E-state index is 0.0785. The first kappa shape index (κ1) is 13.2. The molecule has 0 aliphatic carbocycles. The number of thiophene rings is 1. The molecule has 0 aromatic carbocycles. The van der Waals surface area contributed by atoms with Gasteiger partial charge in [0.25, 0.3) is 0 Å². The van der Waals surface area contributed by atoms with Gasteiger partial charge in [-0.3, -0.25) is 4.79 Å². The largest absolute Gasteiger partial charge is 0.355 e. The number of nitrogens with one attached hydrogen (secondary N) is 2. The van der Waals surface area contributed by atoms with Gasteiger partial charge in [0.2, 0.25) is 5.91 Å². The van der Waals surface area contributed by atoms with Gasteiger partial charge in [0.15, 0.2) is 0 Å². The molecule has 0 saturated carbocycles. The van der Waals surface area contributed by atoms with E-state index in [9.17, 15) is 4.79 Å². The molecule has 1 atom stereocenters. The topological polar surface area (TPSA) is 41.1 Å². The van der Waals surface area contributed by atoms with Crippen LogP contribution in [0.4, 0.5) is 0 Å². The van der Waals surface area contributed by atoms with E-state index in [1.165, 1.54) is 11.1 Å². The van der Waals surface area contributed by atoms with Crippen LogP contribution in [-0.4, -0.2) is 18.5 Å². The summed E-state index contributed by atoms with van der Waals surface area (Å²) in [6.45, 7) is 7.55. The van der Waals surface area contributed by atoms with Gasteiger partial charge in [0.1, 0.15) is 0 Å². The normalized spacial score (nSPS) is 12.4. The Balaban J connectivity index is 2.32.